The van der Waals surface area contributed by atoms with Crippen molar-refractivity contribution in [2.24, 2.45) is 23.7 Å². The van der Waals surface area contributed by atoms with Crippen molar-refractivity contribution in [2.75, 3.05) is 4.90 Å². The molecule has 2 amide bonds. The fourth-order valence-electron chi connectivity index (χ4n) is 3.77. The number of benzene rings is 1. The van der Waals surface area contributed by atoms with Gasteiger partial charge in [-0.25, -0.2) is 4.90 Å². The van der Waals surface area contributed by atoms with E-state index in [0.29, 0.717) is 5.69 Å². The van der Waals surface area contributed by atoms with E-state index in [1.807, 2.05) is 24.3 Å². The molecule has 0 unspecified atom stereocenters. The maximum atomic E-state index is 12.6. The van der Waals surface area contributed by atoms with Crippen molar-refractivity contribution in [1.29, 1.82) is 0 Å². The Balaban J connectivity index is 1.77. The lowest BCUT2D eigenvalue weighted by Crippen LogP contribution is -2.32. The predicted octanol–water partition coefficient (Wildman–Crippen LogP) is 2.76. The second-order valence-corrected chi connectivity index (χ2v) is 6.41. The summed E-state index contributed by atoms with van der Waals surface area (Å²) in [6.45, 7) is 0. The summed E-state index contributed by atoms with van der Waals surface area (Å²) < 4.78 is 0.878. The molecule has 4 heteroatoms. The van der Waals surface area contributed by atoms with Gasteiger partial charge in [0.1, 0.15) is 0 Å². The summed E-state index contributed by atoms with van der Waals surface area (Å²) in [5, 5.41) is 0. The fourth-order valence-corrected chi connectivity index (χ4v) is 4.16. The SMILES string of the molecule is O=C1[C@H]2[C@H](C(=O)N1c1cccc(Br)c1)[C@H]1C=C[C@H]2C1. The molecule has 1 saturated carbocycles. The van der Waals surface area contributed by atoms with Gasteiger partial charge in [-0.2, -0.15) is 0 Å². The Morgan fingerprint density at radius 3 is 2.26 bits per heavy atom. The molecule has 2 bridgehead atoms. The number of halogens is 1. The first-order valence-corrected chi connectivity index (χ1v) is 7.28. The molecule has 2 fully saturated rings. The lowest BCUT2D eigenvalue weighted by atomic mass is 9.85. The highest BCUT2D eigenvalue weighted by Gasteiger charge is 2.59. The van der Waals surface area contributed by atoms with Gasteiger partial charge in [0.15, 0.2) is 0 Å². The number of carbonyl (C=O) groups excluding carboxylic acids is 2. The normalized spacial score (nSPS) is 35.3. The summed E-state index contributed by atoms with van der Waals surface area (Å²) in [6, 6.07) is 7.38. The van der Waals surface area contributed by atoms with Crippen LogP contribution in [0.2, 0.25) is 0 Å². The fraction of sp³-hybridized carbons (Fsp3) is 0.333. The number of amides is 2. The lowest BCUT2D eigenvalue weighted by Gasteiger charge is -2.17. The highest BCUT2D eigenvalue weighted by molar-refractivity contribution is 9.10. The van der Waals surface area contributed by atoms with Crippen LogP contribution in [0.15, 0.2) is 40.9 Å². The Morgan fingerprint density at radius 1 is 1.05 bits per heavy atom. The van der Waals surface area contributed by atoms with Gasteiger partial charge in [-0.1, -0.05) is 34.1 Å². The number of nitrogens with zero attached hydrogens (tertiary/aromatic N) is 1. The summed E-state index contributed by atoms with van der Waals surface area (Å²) >= 11 is 3.38. The standard InChI is InChI=1S/C15H12BrNO2/c16-10-2-1-3-11(7-10)17-14(18)12-8-4-5-9(6-8)13(12)15(17)19/h1-5,7-9,12-13H,6H2/t8-,9-,12+,13+/m0/s1. The van der Waals surface area contributed by atoms with Gasteiger partial charge in [0, 0.05) is 4.47 Å². The van der Waals surface area contributed by atoms with Crippen molar-refractivity contribution in [1.82, 2.24) is 0 Å². The topological polar surface area (TPSA) is 37.4 Å². The number of hydrogen-bond donors (Lipinski definition) is 0. The summed E-state index contributed by atoms with van der Waals surface area (Å²) in [4.78, 5) is 26.5. The van der Waals surface area contributed by atoms with E-state index >= 15 is 0 Å². The van der Waals surface area contributed by atoms with Crippen LogP contribution >= 0.6 is 15.9 Å². The maximum absolute atomic E-state index is 12.6. The van der Waals surface area contributed by atoms with Crippen LogP contribution in [0, 0.1) is 23.7 Å². The van der Waals surface area contributed by atoms with Crippen LogP contribution in [0.5, 0.6) is 0 Å². The van der Waals surface area contributed by atoms with E-state index in [2.05, 4.69) is 28.1 Å². The van der Waals surface area contributed by atoms with Crippen LogP contribution in [-0.2, 0) is 9.59 Å². The molecular weight excluding hydrogens is 306 g/mol. The molecule has 0 N–H and O–H groups in total. The minimum atomic E-state index is -0.124. The first kappa shape index (κ1) is 11.4. The molecule has 4 atom stereocenters. The second-order valence-electron chi connectivity index (χ2n) is 5.49. The van der Waals surface area contributed by atoms with Crippen LogP contribution < -0.4 is 4.90 Å². The van der Waals surface area contributed by atoms with E-state index in [0.717, 1.165) is 10.9 Å². The zero-order valence-corrected chi connectivity index (χ0v) is 11.7. The third-order valence-electron chi connectivity index (χ3n) is 4.54. The number of anilines is 1. The molecule has 3 aliphatic rings. The van der Waals surface area contributed by atoms with Gasteiger partial charge in [-0.3, -0.25) is 9.59 Å². The first-order chi connectivity index (χ1) is 9.16. The van der Waals surface area contributed by atoms with Crippen molar-refractivity contribution in [2.45, 2.75) is 6.42 Å². The van der Waals surface area contributed by atoms with E-state index in [1.54, 1.807) is 0 Å². The van der Waals surface area contributed by atoms with Crippen LogP contribution in [0.4, 0.5) is 5.69 Å². The minimum Gasteiger partial charge on any atom is -0.274 e. The highest BCUT2D eigenvalue weighted by atomic mass is 79.9. The van der Waals surface area contributed by atoms with E-state index < -0.39 is 0 Å². The summed E-state index contributed by atoms with van der Waals surface area (Å²) in [7, 11) is 0. The molecule has 1 heterocycles. The number of allylic oxidation sites excluding steroid dienone is 2. The van der Waals surface area contributed by atoms with Gasteiger partial charge in [0.2, 0.25) is 11.8 Å². The van der Waals surface area contributed by atoms with Crippen molar-refractivity contribution < 1.29 is 9.59 Å². The van der Waals surface area contributed by atoms with Gasteiger partial charge >= 0.3 is 0 Å². The van der Waals surface area contributed by atoms with E-state index in [-0.39, 0.29) is 35.5 Å². The minimum absolute atomic E-state index is 0.0232. The Bertz CT molecular complexity index is 594. The van der Waals surface area contributed by atoms with Crippen LogP contribution in [0.1, 0.15) is 6.42 Å². The Morgan fingerprint density at radius 2 is 1.68 bits per heavy atom. The van der Waals surface area contributed by atoms with E-state index in [4.69, 9.17) is 0 Å². The smallest absolute Gasteiger partial charge is 0.238 e. The molecule has 0 aromatic heterocycles. The third-order valence-corrected chi connectivity index (χ3v) is 5.03. The largest absolute Gasteiger partial charge is 0.274 e. The van der Waals surface area contributed by atoms with E-state index in [1.165, 1.54) is 4.90 Å². The van der Waals surface area contributed by atoms with Gasteiger partial charge in [0.25, 0.3) is 0 Å². The van der Waals surface area contributed by atoms with Gasteiger partial charge in [0.05, 0.1) is 17.5 Å². The first-order valence-electron chi connectivity index (χ1n) is 6.48. The summed E-state index contributed by atoms with van der Waals surface area (Å²) in [5.41, 5.74) is 0.679. The van der Waals surface area contributed by atoms with Crippen molar-refractivity contribution in [3.05, 3.63) is 40.9 Å². The quantitative estimate of drug-likeness (QED) is 0.590. The van der Waals surface area contributed by atoms with Crippen molar-refractivity contribution >= 4 is 33.4 Å². The molecule has 0 spiro atoms. The zero-order chi connectivity index (χ0) is 13.1. The molecule has 1 saturated heterocycles. The molecule has 2 aliphatic carbocycles. The number of imide groups is 1. The Kier molecular flexibility index (Phi) is 2.28. The van der Waals surface area contributed by atoms with Crippen LogP contribution in [0.3, 0.4) is 0 Å². The monoisotopic (exact) mass is 317 g/mol. The predicted molar refractivity (Wildman–Crippen MR) is 74.4 cm³/mol. The third kappa shape index (κ3) is 1.43. The number of hydrogen-bond acceptors (Lipinski definition) is 2. The molecule has 96 valence electrons. The zero-order valence-electron chi connectivity index (χ0n) is 10.1. The van der Waals surface area contributed by atoms with E-state index in [9.17, 15) is 9.59 Å². The average Bonchev–Trinajstić information content (AvgIpc) is 3.04. The molecule has 1 aromatic carbocycles. The highest BCUT2D eigenvalue weighted by Crippen LogP contribution is 2.53. The van der Waals surface area contributed by atoms with Crippen LogP contribution in [0.25, 0.3) is 0 Å². The molecule has 1 aliphatic heterocycles. The molecule has 0 radical (unpaired) electrons. The summed E-state index contributed by atoms with van der Waals surface area (Å²) in [6.07, 6.45) is 5.20. The average molecular weight is 318 g/mol. The van der Waals surface area contributed by atoms with Crippen molar-refractivity contribution in [3.8, 4) is 0 Å². The number of fused-ring (bicyclic) bond motifs is 5. The lowest BCUT2D eigenvalue weighted by molar-refractivity contribution is -0.123. The van der Waals surface area contributed by atoms with Crippen LogP contribution in [-0.4, -0.2) is 11.8 Å². The molecule has 4 rings (SSSR count). The second kappa shape index (κ2) is 3.79. The Labute approximate surface area is 119 Å². The number of carbonyl (C=O) groups is 2. The molecular formula is C15H12BrNO2. The Hall–Kier alpha value is -1.42. The number of rotatable bonds is 1. The summed E-state index contributed by atoms with van der Waals surface area (Å²) in [5.74, 6) is 0.241. The van der Waals surface area contributed by atoms with Gasteiger partial charge < -0.3 is 0 Å². The van der Waals surface area contributed by atoms with Gasteiger partial charge in [-0.05, 0) is 36.5 Å². The van der Waals surface area contributed by atoms with Crippen molar-refractivity contribution in [3.63, 3.8) is 0 Å². The van der Waals surface area contributed by atoms with Gasteiger partial charge in [-0.15, -0.1) is 0 Å². The molecule has 19 heavy (non-hydrogen) atoms. The maximum Gasteiger partial charge on any atom is 0.238 e. The molecule has 3 nitrogen and oxygen atoms in total. The molecule has 1 aromatic rings.